The first-order valence-corrected chi connectivity index (χ1v) is 4.07. The number of carbonyl (C=O) groups excluding carboxylic acids is 1. The number of hydrogen-bond donors (Lipinski definition) is 2. The summed E-state index contributed by atoms with van der Waals surface area (Å²) in [4.78, 5) is 11.1. The number of thiol groups is 1. The first-order chi connectivity index (χ1) is 5.26. The van der Waals surface area contributed by atoms with E-state index in [2.05, 4.69) is 24.5 Å². The van der Waals surface area contributed by atoms with E-state index in [4.69, 9.17) is 0 Å². The van der Waals surface area contributed by atoms with Gasteiger partial charge in [-0.15, -0.1) is 0 Å². The lowest BCUT2D eigenvalue weighted by Crippen LogP contribution is -2.26. The molecule has 0 saturated carbocycles. The average Bonchev–Trinajstić information content (AvgIpc) is 2.03. The maximum Gasteiger partial charge on any atom is 0.250 e. The van der Waals surface area contributed by atoms with Gasteiger partial charge in [-0.3, -0.25) is 4.79 Å². The molecule has 0 heterocycles. The average molecular weight is 171 g/mol. The van der Waals surface area contributed by atoms with Gasteiger partial charge in [-0.05, 0) is 6.92 Å². The second-order valence-corrected chi connectivity index (χ2v) is 2.37. The Hall–Kier alpha value is -0.700. The Kier molecular flexibility index (Phi) is 5.65. The normalized spacial score (nSPS) is 10.9. The highest BCUT2D eigenvalue weighted by molar-refractivity contribution is 7.80. The van der Waals surface area contributed by atoms with Crippen molar-refractivity contribution < 1.29 is 4.79 Å². The van der Waals surface area contributed by atoms with Crippen LogP contribution in [-0.2, 0) is 4.79 Å². The van der Waals surface area contributed by atoms with Gasteiger partial charge < -0.3 is 5.32 Å². The zero-order valence-electron chi connectivity index (χ0n) is 6.63. The number of nitrogens with one attached hydrogen (secondary N) is 1. The summed E-state index contributed by atoms with van der Waals surface area (Å²) in [5, 5.41) is 2.68. The van der Waals surface area contributed by atoms with Crippen LogP contribution in [0.1, 0.15) is 6.92 Å². The molecule has 3 heteroatoms. The molecule has 11 heavy (non-hydrogen) atoms. The maximum absolute atomic E-state index is 11.1. The minimum atomic E-state index is -0.0865. The fraction of sp³-hybridized carbons (Fsp3) is 0.375. The van der Waals surface area contributed by atoms with Gasteiger partial charge in [-0.2, -0.15) is 12.6 Å². The van der Waals surface area contributed by atoms with Crippen LogP contribution in [0.25, 0.3) is 0 Å². The van der Waals surface area contributed by atoms with Crippen LogP contribution in [0.2, 0.25) is 0 Å². The third-order valence-corrected chi connectivity index (χ3v) is 1.41. The lowest BCUT2D eigenvalue weighted by atomic mass is 10.2. The molecule has 0 saturated heterocycles. The van der Waals surface area contributed by atoms with Crippen molar-refractivity contribution in [3.05, 3.63) is 24.3 Å². The van der Waals surface area contributed by atoms with E-state index in [-0.39, 0.29) is 5.91 Å². The summed E-state index contributed by atoms with van der Waals surface area (Å²) >= 11 is 3.96. The van der Waals surface area contributed by atoms with Crippen LogP contribution in [0.3, 0.4) is 0 Å². The van der Waals surface area contributed by atoms with Gasteiger partial charge in [-0.25, -0.2) is 0 Å². The van der Waals surface area contributed by atoms with E-state index in [1.165, 1.54) is 6.08 Å². The molecule has 0 aromatic carbocycles. The molecule has 0 aromatic rings. The summed E-state index contributed by atoms with van der Waals surface area (Å²) in [6.45, 7) is 5.91. The predicted octanol–water partition coefficient (Wildman–Crippen LogP) is 1.16. The molecule has 0 bridgehead atoms. The van der Waals surface area contributed by atoms with Crippen molar-refractivity contribution in [1.29, 1.82) is 0 Å². The van der Waals surface area contributed by atoms with Gasteiger partial charge in [-0.1, -0.05) is 18.7 Å². The van der Waals surface area contributed by atoms with Gasteiger partial charge in [0.05, 0.1) is 0 Å². The number of hydrogen-bond acceptors (Lipinski definition) is 2. The molecule has 2 nitrogen and oxygen atoms in total. The minimum absolute atomic E-state index is 0.0865. The lowest BCUT2D eigenvalue weighted by molar-refractivity contribution is -0.117. The van der Waals surface area contributed by atoms with E-state index in [1.807, 2.05) is 0 Å². The Balaban J connectivity index is 3.91. The van der Waals surface area contributed by atoms with Gasteiger partial charge in [0, 0.05) is 17.9 Å². The summed E-state index contributed by atoms with van der Waals surface area (Å²) in [5.74, 6) is 0.566. The summed E-state index contributed by atoms with van der Waals surface area (Å²) in [6, 6.07) is 0. The molecule has 0 rings (SSSR count). The Morgan fingerprint density at radius 1 is 1.73 bits per heavy atom. The third-order valence-electron chi connectivity index (χ3n) is 1.19. The molecule has 0 spiro atoms. The van der Waals surface area contributed by atoms with Crippen molar-refractivity contribution in [3.8, 4) is 0 Å². The molecule has 1 N–H and O–H groups in total. The second-order valence-electron chi connectivity index (χ2n) is 1.93. The molecular weight excluding hydrogens is 158 g/mol. The Bertz CT molecular complexity index is 175. The highest BCUT2D eigenvalue weighted by atomic mass is 32.1. The summed E-state index contributed by atoms with van der Waals surface area (Å²) < 4.78 is 0. The second kappa shape index (κ2) is 6.04. The molecule has 0 unspecified atom stereocenters. The van der Waals surface area contributed by atoms with Crippen molar-refractivity contribution in [2.45, 2.75) is 6.92 Å². The summed E-state index contributed by atoms with van der Waals surface area (Å²) in [6.07, 6.45) is 3.26. The van der Waals surface area contributed by atoms with E-state index < -0.39 is 0 Å². The molecule has 0 atom stereocenters. The van der Waals surface area contributed by atoms with Crippen molar-refractivity contribution in [3.63, 3.8) is 0 Å². The van der Waals surface area contributed by atoms with E-state index in [9.17, 15) is 4.79 Å². The highest BCUT2D eigenvalue weighted by Crippen LogP contribution is 1.93. The first-order valence-electron chi connectivity index (χ1n) is 3.44. The molecule has 0 aliphatic heterocycles. The van der Waals surface area contributed by atoms with E-state index >= 15 is 0 Å². The van der Waals surface area contributed by atoms with Crippen LogP contribution in [0.5, 0.6) is 0 Å². The highest BCUT2D eigenvalue weighted by Gasteiger charge is 2.01. The third kappa shape index (κ3) is 3.88. The van der Waals surface area contributed by atoms with Gasteiger partial charge in [0.2, 0.25) is 0 Å². The van der Waals surface area contributed by atoms with Crippen molar-refractivity contribution in [1.82, 2.24) is 5.32 Å². The van der Waals surface area contributed by atoms with Crippen LogP contribution in [-0.4, -0.2) is 18.2 Å². The Labute approximate surface area is 72.8 Å². The monoisotopic (exact) mass is 171 g/mol. The summed E-state index contributed by atoms with van der Waals surface area (Å²) in [7, 11) is 0. The SMILES string of the molecule is C=C/C(=C\C)C(=O)NCCS. The minimum Gasteiger partial charge on any atom is -0.351 e. The fourth-order valence-electron chi connectivity index (χ4n) is 0.613. The lowest BCUT2D eigenvalue weighted by Gasteiger charge is -2.01. The molecular formula is C8H13NOS. The molecule has 0 fully saturated rings. The molecule has 62 valence electrons. The Morgan fingerprint density at radius 2 is 2.36 bits per heavy atom. The number of allylic oxidation sites excluding steroid dienone is 1. The van der Waals surface area contributed by atoms with Crippen molar-refractivity contribution in [2.24, 2.45) is 0 Å². The standard InChI is InChI=1S/C8H13NOS/c1-3-7(4-2)8(10)9-5-6-11/h3-4,11H,1,5-6H2,2H3,(H,9,10)/b7-4+. The van der Waals surface area contributed by atoms with Crippen molar-refractivity contribution >= 4 is 18.5 Å². The van der Waals surface area contributed by atoms with Gasteiger partial charge >= 0.3 is 0 Å². The zero-order chi connectivity index (χ0) is 8.69. The van der Waals surface area contributed by atoms with Gasteiger partial charge in [0.15, 0.2) is 0 Å². The molecule has 0 aliphatic rings. The summed E-state index contributed by atoms with van der Waals surface area (Å²) in [5.41, 5.74) is 0.604. The number of rotatable bonds is 4. The number of carbonyl (C=O) groups is 1. The zero-order valence-corrected chi connectivity index (χ0v) is 7.53. The van der Waals surface area contributed by atoms with Crippen molar-refractivity contribution in [2.75, 3.05) is 12.3 Å². The molecule has 0 aromatic heterocycles. The quantitative estimate of drug-likeness (QED) is 0.371. The number of amides is 1. The van der Waals surface area contributed by atoms with Crippen LogP contribution in [0.4, 0.5) is 0 Å². The van der Waals surface area contributed by atoms with Gasteiger partial charge in [0.1, 0.15) is 0 Å². The smallest absolute Gasteiger partial charge is 0.250 e. The van der Waals surface area contributed by atoms with E-state index in [0.717, 1.165) is 0 Å². The largest absolute Gasteiger partial charge is 0.351 e. The maximum atomic E-state index is 11.1. The van der Waals surface area contributed by atoms with Crippen LogP contribution >= 0.6 is 12.6 Å². The van der Waals surface area contributed by atoms with E-state index in [1.54, 1.807) is 13.0 Å². The van der Waals surface area contributed by atoms with Crippen LogP contribution in [0.15, 0.2) is 24.3 Å². The van der Waals surface area contributed by atoms with Gasteiger partial charge in [0.25, 0.3) is 5.91 Å². The molecule has 1 amide bonds. The molecule has 0 aliphatic carbocycles. The Morgan fingerprint density at radius 3 is 2.73 bits per heavy atom. The predicted molar refractivity (Wildman–Crippen MR) is 50.8 cm³/mol. The first kappa shape index (κ1) is 10.3. The van der Waals surface area contributed by atoms with Crippen LogP contribution < -0.4 is 5.32 Å². The fourth-order valence-corrected chi connectivity index (χ4v) is 0.725. The molecule has 0 radical (unpaired) electrons. The van der Waals surface area contributed by atoms with E-state index in [0.29, 0.717) is 17.9 Å². The van der Waals surface area contributed by atoms with Crippen LogP contribution in [0, 0.1) is 0 Å². The topological polar surface area (TPSA) is 29.1 Å².